The molecule has 0 unspecified atom stereocenters. The Labute approximate surface area is 98.2 Å². The molecule has 0 fully saturated rings. The van der Waals surface area contributed by atoms with Gasteiger partial charge in [-0.05, 0) is 46.0 Å². The fourth-order valence-corrected chi connectivity index (χ4v) is 1.46. The molecule has 1 aromatic rings. The Morgan fingerprint density at radius 1 is 1.19 bits per heavy atom. The van der Waals surface area contributed by atoms with Gasteiger partial charge in [-0.25, -0.2) is 0 Å². The highest BCUT2D eigenvalue weighted by molar-refractivity contribution is 5.56. The fourth-order valence-electron chi connectivity index (χ4n) is 1.46. The molecule has 1 rings (SSSR count). The zero-order valence-corrected chi connectivity index (χ0v) is 10.4. The number of anilines is 1. The predicted molar refractivity (Wildman–Crippen MR) is 69.2 cm³/mol. The molecule has 0 saturated heterocycles. The first-order valence-electron chi connectivity index (χ1n) is 5.88. The van der Waals surface area contributed by atoms with Gasteiger partial charge in [-0.2, -0.15) is 0 Å². The average Bonchev–Trinajstić information content (AvgIpc) is 2.26. The van der Waals surface area contributed by atoms with Crippen LogP contribution in [0.15, 0.2) is 24.3 Å². The van der Waals surface area contributed by atoms with Crippen molar-refractivity contribution in [1.29, 1.82) is 0 Å². The van der Waals surface area contributed by atoms with E-state index >= 15 is 0 Å². The first-order chi connectivity index (χ1) is 7.74. The molecular formula is C13H22N2O. The van der Waals surface area contributed by atoms with Gasteiger partial charge in [0.2, 0.25) is 0 Å². The molecular weight excluding hydrogens is 200 g/mol. The minimum Gasteiger partial charge on any atom is -0.489 e. The van der Waals surface area contributed by atoms with Crippen molar-refractivity contribution in [3.63, 3.8) is 0 Å². The predicted octanol–water partition coefficient (Wildman–Crippen LogP) is 2.50. The van der Waals surface area contributed by atoms with E-state index in [9.17, 15) is 0 Å². The lowest BCUT2D eigenvalue weighted by Crippen LogP contribution is -2.14. The molecule has 0 bridgehead atoms. The highest BCUT2D eigenvalue weighted by atomic mass is 16.5. The third kappa shape index (κ3) is 4.53. The molecule has 0 saturated carbocycles. The van der Waals surface area contributed by atoms with Crippen LogP contribution < -0.4 is 15.4 Å². The van der Waals surface area contributed by atoms with Crippen molar-refractivity contribution in [2.24, 2.45) is 0 Å². The summed E-state index contributed by atoms with van der Waals surface area (Å²) in [6.45, 7) is 6.06. The molecule has 90 valence electrons. The molecule has 0 aromatic heterocycles. The summed E-state index contributed by atoms with van der Waals surface area (Å²) in [6, 6.07) is 8.07. The first kappa shape index (κ1) is 12.8. The lowest BCUT2D eigenvalue weighted by Gasteiger charge is -2.15. The average molecular weight is 222 g/mol. The topological polar surface area (TPSA) is 33.3 Å². The Morgan fingerprint density at radius 2 is 1.94 bits per heavy atom. The van der Waals surface area contributed by atoms with Crippen molar-refractivity contribution >= 4 is 5.69 Å². The maximum absolute atomic E-state index is 5.72. The van der Waals surface area contributed by atoms with Gasteiger partial charge in [-0.1, -0.05) is 12.1 Å². The molecule has 0 atom stereocenters. The van der Waals surface area contributed by atoms with Gasteiger partial charge in [0, 0.05) is 6.54 Å². The summed E-state index contributed by atoms with van der Waals surface area (Å²) in [4.78, 5) is 0. The van der Waals surface area contributed by atoms with E-state index in [2.05, 4.69) is 16.7 Å². The van der Waals surface area contributed by atoms with Crippen LogP contribution in [0.25, 0.3) is 0 Å². The Balaban J connectivity index is 2.50. The van der Waals surface area contributed by atoms with Crippen molar-refractivity contribution in [2.45, 2.75) is 26.4 Å². The number of ether oxygens (including phenoxy) is 1. The van der Waals surface area contributed by atoms with Crippen LogP contribution >= 0.6 is 0 Å². The van der Waals surface area contributed by atoms with Gasteiger partial charge in [-0.15, -0.1) is 0 Å². The third-order valence-corrected chi connectivity index (χ3v) is 2.17. The van der Waals surface area contributed by atoms with Crippen molar-refractivity contribution in [3.8, 4) is 5.75 Å². The summed E-state index contributed by atoms with van der Waals surface area (Å²) in [6.07, 6.45) is 1.31. The van der Waals surface area contributed by atoms with Crippen molar-refractivity contribution in [2.75, 3.05) is 25.5 Å². The van der Waals surface area contributed by atoms with Gasteiger partial charge in [0.05, 0.1) is 11.8 Å². The quantitative estimate of drug-likeness (QED) is 0.695. The normalized spacial score (nSPS) is 10.5. The lowest BCUT2D eigenvalue weighted by molar-refractivity contribution is 0.243. The van der Waals surface area contributed by atoms with E-state index in [0.717, 1.165) is 30.9 Å². The maximum atomic E-state index is 5.72. The van der Waals surface area contributed by atoms with Crippen LogP contribution in [-0.2, 0) is 0 Å². The third-order valence-electron chi connectivity index (χ3n) is 2.17. The zero-order chi connectivity index (χ0) is 11.8. The van der Waals surface area contributed by atoms with Gasteiger partial charge in [-0.3, -0.25) is 0 Å². The van der Waals surface area contributed by atoms with E-state index in [0.29, 0.717) is 0 Å². The molecule has 0 aliphatic heterocycles. The van der Waals surface area contributed by atoms with E-state index in [1.807, 2.05) is 39.1 Å². The molecule has 0 aliphatic carbocycles. The Kier molecular flexibility index (Phi) is 5.72. The molecule has 1 aromatic carbocycles. The van der Waals surface area contributed by atoms with Crippen molar-refractivity contribution < 1.29 is 4.74 Å². The second kappa shape index (κ2) is 7.12. The zero-order valence-electron chi connectivity index (χ0n) is 10.4. The van der Waals surface area contributed by atoms with Crippen LogP contribution in [0.5, 0.6) is 5.75 Å². The van der Waals surface area contributed by atoms with Crippen LogP contribution in [0, 0.1) is 0 Å². The van der Waals surface area contributed by atoms with E-state index < -0.39 is 0 Å². The van der Waals surface area contributed by atoms with Crippen LogP contribution in [0.1, 0.15) is 20.3 Å². The second-order valence-corrected chi connectivity index (χ2v) is 4.05. The molecule has 3 heteroatoms. The van der Waals surface area contributed by atoms with Crippen LogP contribution in [0.2, 0.25) is 0 Å². The standard InChI is InChI=1S/C13H22N2O/c1-11(2)16-13-8-5-4-7-12(13)15-10-6-9-14-3/h4-5,7-8,11,14-15H,6,9-10H2,1-3H3. The molecule has 3 nitrogen and oxygen atoms in total. The van der Waals surface area contributed by atoms with Crippen molar-refractivity contribution in [3.05, 3.63) is 24.3 Å². The van der Waals surface area contributed by atoms with Crippen LogP contribution in [0.4, 0.5) is 5.69 Å². The maximum Gasteiger partial charge on any atom is 0.142 e. The van der Waals surface area contributed by atoms with E-state index in [1.54, 1.807) is 0 Å². The number of hydrogen-bond donors (Lipinski definition) is 2. The molecule has 2 N–H and O–H groups in total. The molecule has 16 heavy (non-hydrogen) atoms. The molecule has 0 radical (unpaired) electrons. The summed E-state index contributed by atoms with van der Waals surface area (Å²) in [5, 5.41) is 6.52. The highest BCUT2D eigenvalue weighted by Gasteiger charge is 2.03. The van der Waals surface area contributed by atoms with Gasteiger partial charge in [0.15, 0.2) is 0 Å². The molecule has 0 spiro atoms. The Hall–Kier alpha value is -1.22. The van der Waals surface area contributed by atoms with E-state index in [4.69, 9.17) is 4.74 Å². The van der Waals surface area contributed by atoms with Crippen LogP contribution in [-0.4, -0.2) is 26.2 Å². The van der Waals surface area contributed by atoms with E-state index in [1.165, 1.54) is 0 Å². The largest absolute Gasteiger partial charge is 0.489 e. The highest BCUT2D eigenvalue weighted by Crippen LogP contribution is 2.24. The first-order valence-corrected chi connectivity index (χ1v) is 5.88. The summed E-state index contributed by atoms with van der Waals surface area (Å²) in [7, 11) is 1.97. The van der Waals surface area contributed by atoms with Gasteiger partial charge in [0.1, 0.15) is 5.75 Å². The monoisotopic (exact) mass is 222 g/mol. The fraction of sp³-hybridized carbons (Fsp3) is 0.538. The smallest absolute Gasteiger partial charge is 0.142 e. The Bertz CT molecular complexity index is 300. The number of benzene rings is 1. The number of hydrogen-bond acceptors (Lipinski definition) is 3. The van der Waals surface area contributed by atoms with Crippen LogP contribution in [0.3, 0.4) is 0 Å². The number of para-hydroxylation sites is 2. The molecule has 0 aliphatic rings. The SMILES string of the molecule is CNCCCNc1ccccc1OC(C)C. The Morgan fingerprint density at radius 3 is 2.62 bits per heavy atom. The van der Waals surface area contributed by atoms with Gasteiger partial charge < -0.3 is 15.4 Å². The summed E-state index contributed by atoms with van der Waals surface area (Å²) in [5.41, 5.74) is 1.08. The van der Waals surface area contributed by atoms with Gasteiger partial charge >= 0.3 is 0 Å². The van der Waals surface area contributed by atoms with E-state index in [-0.39, 0.29) is 6.10 Å². The summed E-state index contributed by atoms with van der Waals surface area (Å²) >= 11 is 0. The number of rotatable bonds is 7. The molecule has 0 heterocycles. The van der Waals surface area contributed by atoms with Crippen molar-refractivity contribution in [1.82, 2.24) is 5.32 Å². The van der Waals surface area contributed by atoms with Gasteiger partial charge in [0.25, 0.3) is 0 Å². The second-order valence-electron chi connectivity index (χ2n) is 4.05. The minimum atomic E-state index is 0.209. The molecule has 0 amide bonds. The number of nitrogens with one attached hydrogen (secondary N) is 2. The summed E-state index contributed by atoms with van der Waals surface area (Å²) < 4.78 is 5.72. The summed E-state index contributed by atoms with van der Waals surface area (Å²) in [5.74, 6) is 0.932. The minimum absolute atomic E-state index is 0.209. The lowest BCUT2D eigenvalue weighted by atomic mass is 10.2.